The fraction of sp³-hybridized carbons (Fsp3) is 0.222. The second-order valence-corrected chi connectivity index (χ2v) is 4.23. The molecule has 1 aromatic heterocycles. The zero-order valence-corrected chi connectivity index (χ0v) is 9.68. The second-order valence-electron chi connectivity index (χ2n) is 2.68. The molecule has 0 amide bonds. The number of carbonyl (C=O) groups excluding carboxylic acids is 1. The van der Waals surface area contributed by atoms with Crippen molar-refractivity contribution >= 4 is 40.4 Å². The summed E-state index contributed by atoms with van der Waals surface area (Å²) < 4.78 is 0. The van der Waals surface area contributed by atoms with Gasteiger partial charge in [-0.05, 0) is 6.08 Å². The molecule has 0 radical (unpaired) electrons. The Hall–Kier alpha value is -1.07. The van der Waals surface area contributed by atoms with E-state index in [1.807, 2.05) is 0 Å². The van der Waals surface area contributed by atoms with Crippen LogP contribution < -0.4 is 5.73 Å². The zero-order chi connectivity index (χ0) is 11.3. The zero-order valence-electron chi connectivity index (χ0n) is 8.11. The minimum atomic E-state index is 0.0779. The van der Waals surface area contributed by atoms with E-state index in [1.165, 1.54) is 24.9 Å². The van der Waals surface area contributed by atoms with Gasteiger partial charge in [0.05, 0.1) is 6.20 Å². The van der Waals surface area contributed by atoms with Crippen molar-refractivity contribution < 1.29 is 4.79 Å². The van der Waals surface area contributed by atoms with E-state index >= 15 is 0 Å². The Balaban J connectivity index is 2.60. The molecule has 4 nitrogen and oxygen atoms in total. The molecule has 0 aliphatic carbocycles. The van der Waals surface area contributed by atoms with Gasteiger partial charge in [-0.3, -0.25) is 4.79 Å². The minimum absolute atomic E-state index is 0.0779. The second kappa shape index (κ2) is 5.72. The first-order chi connectivity index (χ1) is 7.09. The molecule has 0 saturated heterocycles. The number of hydrogen-bond acceptors (Lipinski definition) is 5. The predicted octanol–water partition coefficient (Wildman–Crippen LogP) is 2.01. The van der Waals surface area contributed by atoms with E-state index in [4.69, 9.17) is 17.3 Å². The molecule has 0 spiro atoms. The molecule has 1 heterocycles. The lowest BCUT2D eigenvalue weighted by molar-refractivity contribution is -0.109. The maximum atomic E-state index is 10.6. The lowest BCUT2D eigenvalue weighted by Crippen LogP contribution is -1.94. The summed E-state index contributed by atoms with van der Waals surface area (Å²) in [6, 6.07) is 0. The minimum Gasteiger partial charge on any atom is -0.382 e. The highest BCUT2D eigenvalue weighted by atomic mass is 35.5. The Kier molecular flexibility index (Phi) is 4.58. The summed E-state index contributed by atoms with van der Waals surface area (Å²) in [7, 11) is 0. The van der Waals surface area contributed by atoms with Crippen LogP contribution in [0.3, 0.4) is 0 Å². The Bertz CT molecular complexity index is 395. The van der Waals surface area contributed by atoms with Crippen LogP contribution in [-0.4, -0.2) is 20.8 Å². The van der Waals surface area contributed by atoms with Crippen molar-refractivity contribution in [3.8, 4) is 0 Å². The van der Waals surface area contributed by atoms with Crippen LogP contribution in [0.5, 0.6) is 0 Å². The topological polar surface area (TPSA) is 68.9 Å². The highest BCUT2D eigenvalue weighted by Gasteiger charge is 1.99. The molecule has 2 N–H and O–H groups in total. The molecule has 0 atom stereocenters. The monoisotopic (exact) mass is 243 g/mol. The third-order valence-electron chi connectivity index (χ3n) is 1.43. The number of hydrogen-bond donors (Lipinski definition) is 1. The van der Waals surface area contributed by atoms with Crippen LogP contribution in [0.1, 0.15) is 12.6 Å². The summed E-state index contributed by atoms with van der Waals surface area (Å²) in [6.07, 6.45) is 4.95. The van der Waals surface area contributed by atoms with Crippen molar-refractivity contribution in [1.82, 2.24) is 9.97 Å². The molecule has 6 heteroatoms. The number of anilines is 1. The molecular formula is C9H10ClN3OS. The average molecular weight is 244 g/mol. The van der Waals surface area contributed by atoms with Gasteiger partial charge in [-0.15, -0.1) is 0 Å². The Labute approximate surface area is 96.9 Å². The number of carbonyl (C=O) groups is 1. The van der Waals surface area contributed by atoms with Crippen LogP contribution in [0.2, 0.25) is 5.15 Å². The van der Waals surface area contributed by atoms with Crippen molar-refractivity contribution in [2.24, 2.45) is 0 Å². The number of nitrogens with zero attached hydrogens (tertiary/aromatic N) is 2. The van der Waals surface area contributed by atoms with Crippen LogP contribution in [0.4, 0.5) is 5.82 Å². The molecule has 0 saturated carbocycles. The van der Waals surface area contributed by atoms with Crippen LogP contribution in [-0.2, 0) is 4.79 Å². The fourth-order valence-electron chi connectivity index (χ4n) is 0.825. The molecule has 0 aromatic carbocycles. The van der Waals surface area contributed by atoms with Crippen molar-refractivity contribution in [3.63, 3.8) is 0 Å². The molecule has 0 fully saturated rings. The Morgan fingerprint density at radius 1 is 1.73 bits per heavy atom. The van der Waals surface area contributed by atoms with Crippen molar-refractivity contribution in [2.75, 3.05) is 11.5 Å². The number of nitrogen functional groups attached to an aromatic ring is 1. The van der Waals surface area contributed by atoms with Gasteiger partial charge in [0.1, 0.15) is 11.5 Å². The molecule has 0 aliphatic heterocycles. The largest absolute Gasteiger partial charge is 0.382 e. The van der Waals surface area contributed by atoms with Crippen molar-refractivity contribution in [2.45, 2.75) is 6.92 Å². The number of rotatable bonds is 3. The number of thioether (sulfide) groups is 1. The quantitative estimate of drug-likeness (QED) is 0.880. The molecule has 80 valence electrons. The molecule has 1 rings (SSSR count). The molecule has 0 bridgehead atoms. The molecular weight excluding hydrogens is 234 g/mol. The van der Waals surface area contributed by atoms with Gasteiger partial charge in [0, 0.05) is 12.7 Å². The number of halogens is 1. The summed E-state index contributed by atoms with van der Waals surface area (Å²) in [5, 5.41) is 0.341. The van der Waals surface area contributed by atoms with Gasteiger partial charge in [-0.2, -0.15) is 0 Å². The Morgan fingerprint density at radius 2 is 2.47 bits per heavy atom. The third kappa shape index (κ3) is 4.31. The third-order valence-corrected chi connectivity index (χ3v) is 2.48. The molecule has 15 heavy (non-hydrogen) atoms. The van der Waals surface area contributed by atoms with Gasteiger partial charge < -0.3 is 5.73 Å². The van der Waals surface area contributed by atoms with Gasteiger partial charge >= 0.3 is 0 Å². The van der Waals surface area contributed by atoms with Gasteiger partial charge in [0.2, 0.25) is 0 Å². The van der Waals surface area contributed by atoms with Crippen LogP contribution in [0.25, 0.3) is 6.08 Å². The SMILES string of the molecule is CC(=O)SCC=Cc1ncc(N)nc1Cl. The average Bonchev–Trinajstić information content (AvgIpc) is 2.14. The highest BCUT2D eigenvalue weighted by Crippen LogP contribution is 2.13. The van der Waals surface area contributed by atoms with Crippen LogP contribution in [0.15, 0.2) is 12.3 Å². The lowest BCUT2D eigenvalue weighted by Gasteiger charge is -1.97. The highest BCUT2D eigenvalue weighted by molar-refractivity contribution is 8.13. The first-order valence-electron chi connectivity index (χ1n) is 4.17. The fourth-order valence-corrected chi connectivity index (χ4v) is 1.46. The summed E-state index contributed by atoms with van der Waals surface area (Å²) in [6.45, 7) is 1.52. The number of nitrogens with two attached hydrogens (primary N) is 1. The van der Waals surface area contributed by atoms with E-state index in [-0.39, 0.29) is 16.1 Å². The Morgan fingerprint density at radius 3 is 3.07 bits per heavy atom. The van der Waals surface area contributed by atoms with E-state index in [9.17, 15) is 4.79 Å². The smallest absolute Gasteiger partial charge is 0.186 e. The van der Waals surface area contributed by atoms with Gasteiger partial charge in [0.15, 0.2) is 10.3 Å². The molecule has 1 aromatic rings. The van der Waals surface area contributed by atoms with E-state index in [0.29, 0.717) is 11.4 Å². The summed E-state index contributed by atoms with van der Waals surface area (Å²) in [5.74, 6) is 0.882. The van der Waals surface area contributed by atoms with E-state index < -0.39 is 0 Å². The summed E-state index contributed by atoms with van der Waals surface area (Å²) in [5.41, 5.74) is 5.94. The number of aromatic nitrogens is 2. The lowest BCUT2D eigenvalue weighted by atomic mass is 10.4. The van der Waals surface area contributed by atoms with Crippen LogP contribution >= 0.6 is 23.4 Å². The maximum Gasteiger partial charge on any atom is 0.186 e. The molecule has 0 unspecified atom stereocenters. The predicted molar refractivity (Wildman–Crippen MR) is 63.6 cm³/mol. The maximum absolute atomic E-state index is 10.6. The first-order valence-corrected chi connectivity index (χ1v) is 5.54. The van der Waals surface area contributed by atoms with Gasteiger partial charge in [-0.1, -0.05) is 29.4 Å². The van der Waals surface area contributed by atoms with E-state index in [0.717, 1.165) is 0 Å². The summed E-state index contributed by atoms with van der Waals surface area (Å²) >= 11 is 7.01. The van der Waals surface area contributed by atoms with Crippen molar-refractivity contribution in [3.05, 3.63) is 23.1 Å². The van der Waals surface area contributed by atoms with E-state index in [1.54, 1.807) is 12.2 Å². The van der Waals surface area contributed by atoms with Crippen LogP contribution in [0, 0.1) is 0 Å². The van der Waals surface area contributed by atoms with Gasteiger partial charge in [0.25, 0.3) is 0 Å². The first kappa shape index (κ1) is 12.0. The summed E-state index contributed by atoms with van der Waals surface area (Å²) in [4.78, 5) is 18.5. The standard InChI is InChI=1S/C9H10ClN3OS/c1-6(14)15-4-2-3-7-9(10)13-8(11)5-12-7/h2-3,5H,4H2,1H3,(H2,11,13). The van der Waals surface area contributed by atoms with Crippen molar-refractivity contribution in [1.29, 1.82) is 0 Å². The normalized spacial score (nSPS) is 10.8. The van der Waals surface area contributed by atoms with E-state index in [2.05, 4.69) is 9.97 Å². The molecule has 0 aliphatic rings. The van der Waals surface area contributed by atoms with Gasteiger partial charge in [-0.25, -0.2) is 9.97 Å².